The number of hydrogen-bond donors (Lipinski definition) is 3. The molecule has 0 atom stereocenters. The zero-order valence-electron chi connectivity index (χ0n) is 33.3. The van der Waals surface area contributed by atoms with Gasteiger partial charge in [0.1, 0.15) is 0 Å². The predicted octanol–water partition coefficient (Wildman–Crippen LogP) is 11.8. The van der Waals surface area contributed by atoms with E-state index in [-0.39, 0.29) is 11.8 Å². The van der Waals surface area contributed by atoms with Gasteiger partial charge in [0.25, 0.3) is 0 Å². The minimum Gasteiger partial charge on any atom is -0.355 e. The summed E-state index contributed by atoms with van der Waals surface area (Å²) in [5.74, 6) is 0.128. The van der Waals surface area contributed by atoms with Crippen LogP contribution in [0.4, 0.5) is 0 Å². The normalized spacial score (nSPS) is 13.2. The first-order chi connectivity index (χ1) is 26.2. The van der Waals surface area contributed by atoms with Crippen LogP contribution < -0.4 is 16.0 Å². The van der Waals surface area contributed by atoms with Gasteiger partial charge in [-0.25, -0.2) is 0 Å². The van der Waals surface area contributed by atoms with Gasteiger partial charge < -0.3 is 16.0 Å². The first kappa shape index (κ1) is 48.8. The Morgan fingerprint density at radius 1 is 0.321 bits per heavy atom. The van der Waals surface area contributed by atoms with Gasteiger partial charge in [0.15, 0.2) is 0 Å². The van der Waals surface area contributed by atoms with Crippen LogP contribution in [0.3, 0.4) is 0 Å². The van der Waals surface area contributed by atoms with E-state index in [4.69, 9.17) is 0 Å². The maximum absolute atomic E-state index is 12.0. The van der Waals surface area contributed by atoms with E-state index in [1.807, 2.05) is 0 Å². The molecule has 0 unspecified atom stereocenters. The van der Waals surface area contributed by atoms with Gasteiger partial charge in [-0.1, -0.05) is 160 Å². The van der Waals surface area contributed by atoms with E-state index in [9.17, 15) is 9.59 Å². The van der Waals surface area contributed by atoms with Gasteiger partial charge in [-0.05, 0) is 89.9 Å². The molecule has 0 fully saturated rings. The van der Waals surface area contributed by atoms with Crippen LogP contribution in [0.5, 0.6) is 0 Å². The maximum Gasteiger partial charge on any atom is 0.220 e. The number of allylic oxidation sites excluding steroid dienone is 24. The lowest BCUT2D eigenvalue weighted by Crippen LogP contribution is -2.36. The Balaban J connectivity index is 3.60. The lowest BCUT2D eigenvalue weighted by molar-refractivity contribution is -0.121. The standard InChI is InChI=1S/C48H73N3O2/c1-3-5-7-9-11-13-15-17-19-21-23-25-27-29-31-33-35-37-39-41-47(52)50-45-43-49-44-46-51-48(53)42-40-38-36-34-32-30-28-26-24-22-20-18-16-14-12-10-8-6-4-2/h5-8,11-14,17-20,23-26,29-32,35-38,49H,3-4,9-10,15-16,21-22,27-28,33-34,39-46H2,1-2H3,(H,50,52)(H,51,53)/b7-5-,8-6-,13-11-,14-12-,19-17-,20-18-,25-23-,26-24-,31-29-,32-30-,37-35-,38-36-. The summed E-state index contributed by atoms with van der Waals surface area (Å²) in [6.07, 6.45) is 66.7. The first-order valence-corrected chi connectivity index (χ1v) is 20.2. The zero-order chi connectivity index (χ0) is 38.4. The Kier molecular flexibility index (Phi) is 40.4. The molecule has 53 heavy (non-hydrogen) atoms. The van der Waals surface area contributed by atoms with Gasteiger partial charge in [0.2, 0.25) is 11.8 Å². The predicted molar refractivity (Wildman–Crippen MR) is 234 cm³/mol. The molecule has 0 aromatic rings. The molecular weight excluding hydrogens is 651 g/mol. The molecule has 0 aromatic heterocycles. The van der Waals surface area contributed by atoms with Gasteiger partial charge in [0, 0.05) is 39.0 Å². The second-order valence-electron chi connectivity index (χ2n) is 12.4. The lowest BCUT2D eigenvalue weighted by atomic mass is 10.2. The maximum atomic E-state index is 12.0. The minimum absolute atomic E-state index is 0.0639. The molecule has 0 aliphatic rings. The molecule has 5 heteroatoms. The Morgan fingerprint density at radius 3 is 0.792 bits per heavy atom. The van der Waals surface area contributed by atoms with E-state index in [0.717, 1.165) is 89.9 Å². The average molecular weight is 724 g/mol. The summed E-state index contributed by atoms with van der Waals surface area (Å²) in [7, 11) is 0. The molecule has 0 saturated heterocycles. The second-order valence-corrected chi connectivity index (χ2v) is 12.4. The monoisotopic (exact) mass is 724 g/mol. The highest BCUT2D eigenvalue weighted by Gasteiger charge is 2.00. The van der Waals surface area contributed by atoms with Crippen molar-refractivity contribution in [2.75, 3.05) is 26.2 Å². The number of amides is 2. The summed E-state index contributed by atoms with van der Waals surface area (Å²) in [5, 5.41) is 9.14. The average Bonchev–Trinajstić information content (AvgIpc) is 3.16. The van der Waals surface area contributed by atoms with Crippen LogP contribution in [0.1, 0.15) is 117 Å². The first-order valence-electron chi connectivity index (χ1n) is 20.2. The van der Waals surface area contributed by atoms with E-state index in [1.54, 1.807) is 0 Å². The van der Waals surface area contributed by atoms with Crippen molar-refractivity contribution in [2.24, 2.45) is 0 Å². The number of nitrogens with one attached hydrogen (secondary N) is 3. The summed E-state index contributed by atoms with van der Waals surface area (Å²) >= 11 is 0. The van der Waals surface area contributed by atoms with Crippen LogP contribution >= 0.6 is 0 Å². The molecule has 0 rings (SSSR count). The number of hydrogen-bond acceptors (Lipinski definition) is 3. The summed E-state index contributed by atoms with van der Waals surface area (Å²) in [6, 6.07) is 0. The smallest absolute Gasteiger partial charge is 0.220 e. The molecular formula is C48H73N3O2. The van der Waals surface area contributed by atoms with E-state index in [1.165, 1.54) is 0 Å². The van der Waals surface area contributed by atoms with Crippen molar-refractivity contribution in [3.63, 3.8) is 0 Å². The third-order valence-electron chi connectivity index (χ3n) is 7.52. The molecule has 0 radical (unpaired) electrons. The van der Waals surface area contributed by atoms with E-state index in [2.05, 4.69) is 176 Å². The SMILES string of the molecule is CC/C=C\C/C=C\C/C=C\C/C=C\C/C=C\C/C=C\CCC(=O)NCCNCCNC(=O)CC/C=C\C/C=C\C/C=C\C/C=C\C/C=C\C/C=C\CC. The summed E-state index contributed by atoms with van der Waals surface area (Å²) in [4.78, 5) is 24.1. The molecule has 0 aliphatic carbocycles. The molecule has 0 saturated carbocycles. The molecule has 2 amide bonds. The summed E-state index contributed by atoms with van der Waals surface area (Å²) in [6.45, 7) is 6.83. The quantitative estimate of drug-likeness (QED) is 0.0457. The number of rotatable bonds is 34. The van der Waals surface area contributed by atoms with Gasteiger partial charge in [0.05, 0.1) is 0 Å². The van der Waals surface area contributed by atoms with Crippen molar-refractivity contribution in [1.82, 2.24) is 16.0 Å². The highest BCUT2D eigenvalue weighted by molar-refractivity contribution is 5.76. The molecule has 0 heterocycles. The van der Waals surface area contributed by atoms with E-state index in [0.29, 0.717) is 39.0 Å². The molecule has 0 spiro atoms. The second kappa shape index (κ2) is 43.9. The van der Waals surface area contributed by atoms with Crippen LogP contribution in [0.15, 0.2) is 146 Å². The summed E-state index contributed by atoms with van der Waals surface area (Å²) < 4.78 is 0. The topological polar surface area (TPSA) is 70.2 Å². The van der Waals surface area contributed by atoms with Gasteiger partial charge in [-0.3, -0.25) is 9.59 Å². The van der Waals surface area contributed by atoms with Crippen LogP contribution in [0, 0.1) is 0 Å². The fourth-order valence-corrected chi connectivity index (χ4v) is 4.59. The molecule has 5 nitrogen and oxygen atoms in total. The fourth-order valence-electron chi connectivity index (χ4n) is 4.59. The highest BCUT2D eigenvalue weighted by atomic mass is 16.2. The Hall–Kier alpha value is -4.22. The van der Waals surface area contributed by atoms with Gasteiger partial charge in [-0.2, -0.15) is 0 Å². The van der Waals surface area contributed by atoms with E-state index < -0.39 is 0 Å². The zero-order valence-corrected chi connectivity index (χ0v) is 33.3. The van der Waals surface area contributed by atoms with Crippen molar-refractivity contribution >= 4 is 11.8 Å². The lowest BCUT2D eigenvalue weighted by Gasteiger charge is -2.07. The molecule has 292 valence electrons. The minimum atomic E-state index is 0.0639. The van der Waals surface area contributed by atoms with Crippen molar-refractivity contribution in [3.8, 4) is 0 Å². The third kappa shape index (κ3) is 43.9. The molecule has 0 aliphatic heterocycles. The molecule has 0 bridgehead atoms. The number of carbonyl (C=O) groups is 2. The van der Waals surface area contributed by atoms with Crippen molar-refractivity contribution < 1.29 is 9.59 Å². The Morgan fingerprint density at radius 2 is 0.547 bits per heavy atom. The van der Waals surface area contributed by atoms with Crippen LogP contribution in [-0.2, 0) is 9.59 Å². The molecule has 0 aromatic carbocycles. The van der Waals surface area contributed by atoms with Gasteiger partial charge >= 0.3 is 0 Å². The van der Waals surface area contributed by atoms with Gasteiger partial charge in [-0.15, -0.1) is 0 Å². The summed E-state index contributed by atoms with van der Waals surface area (Å²) in [5.41, 5.74) is 0. The van der Waals surface area contributed by atoms with Crippen LogP contribution in [-0.4, -0.2) is 38.0 Å². The van der Waals surface area contributed by atoms with Crippen molar-refractivity contribution in [1.29, 1.82) is 0 Å². The highest BCUT2D eigenvalue weighted by Crippen LogP contribution is 2.00. The fraction of sp³-hybridized carbons (Fsp3) is 0.458. The van der Waals surface area contributed by atoms with Crippen LogP contribution in [0.25, 0.3) is 0 Å². The number of carbonyl (C=O) groups excluding carboxylic acids is 2. The molecule has 3 N–H and O–H groups in total. The third-order valence-corrected chi connectivity index (χ3v) is 7.52. The largest absolute Gasteiger partial charge is 0.355 e. The van der Waals surface area contributed by atoms with Crippen molar-refractivity contribution in [3.05, 3.63) is 146 Å². The van der Waals surface area contributed by atoms with Crippen LogP contribution in [0.2, 0.25) is 0 Å². The van der Waals surface area contributed by atoms with E-state index >= 15 is 0 Å². The Bertz CT molecular complexity index is 1130. The van der Waals surface area contributed by atoms with Crippen molar-refractivity contribution in [2.45, 2.75) is 117 Å². The Labute approximate surface area is 325 Å².